The Bertz CT molecular complexity index is 1090. The van der Waals surface area contributed by atoms with E-state index in [1.807, 2.05) is 23.1 Å². The molecular weight excluding hydrogens is 453 g/mol. The molecule has 0 unspecified atom stereocenters. The second-order valence-electron chi connectivity index (χ2n) is 9.09. The van der Waals surface area contributed by atoms with Gasteiger partial charge in [0.25, 0.3) is 11.8 Å². The quantitative estimate of drug-likeness (QED) is 0.672. The summed E-state index contributed by atoms with van der Waals surface area (Å²) in [4.78, 5) is 43.9. The molecule has 184 valence electrons. The van der Waals surface area contributed by atoms with Crippen molar-refractivity contribution >= 4 is 17.7 Å². The number of hydrogen-bond acceptors (Lipinski definition) is 5. The molecule has 3 amide bonds. The molecule has 2 fully saturated rings. The third-order valence-electron chi connectivity index (χ3n) is 6.91. The zero-order valence-electron chi connectivity index (χ0n) is 19.4. The lowest BCUT2D eigenvalue weighted by Crippen LogP contribution is -2.56. The summed E-state index contributed by atoms with van der Waals surface area (Å²) in [6.45, 7) is 3.01. The molecular formula is C26H28FN3O5. The van der Waals surface area contributed by atoms with Crippen LogP contribution in [0.15, 0.2) is 48.5 Å². The van der Waals surface area contributed by atoms with Crippen LogP contribution in [0.25, 0.3) is 0 Å². The van der Waals surface area contributed by atoms with E-state index >= 15 is 0 Å². The molecule has 2 saturated heterocycles. The van der Waals surface area contributed by atoms with E-state index in [1.54, 1.807) is 15.9 Å². The van der Waals surface area contributed by atoms with E-state index in [-0.39, 0.29) is 36.1 Å². The molecule has 0 aromatic heterocycles. The lowest BCUT2D eigenvalue weighted by Gasteiger charge is -2.39. The lowest BCUT2D eigenvalue weighted by molar-refractivity contribution is -0.148. The number of nitrogens with zero attached hydrogens (tertiary/aromatic N) is 3. The number of fused-ring (bicyclic) bond motifs is 1. The fourth-order valence-electron chi connectivity index (χ4n) is 4.85. The molecule has 0 bridgehead atoms. The van der Waals surface area contributed by atoms with E-state index < -0.39 is 6.10 Å². The number of halogens is 1. The van der Waals surface area contributed by atoms with E-state index in [2.05, 4.69) is 0 Å². The van der Waals surface area contributed by atoms with Crippen LogP contribution in [0.2, 0.25) is 0 Å². The average molecular weight is 482 g/mol. The Labute approximate surface area is 203 Å². The normalized spacial score (nSPS) is 20.5. The molecule has 3 aliphatic heterocycles. The average Bonchev–Trinajstić information content (AvgIpc) is 2.92. The van der Waals surface area contributed by atoms with Crippen LogP contribution < -0.4 is 9.47 Å². The number of carbonyl (C=O) groups is 3. The number of piperazine rings is 1. The highest BCUT2D eigenvalue weighted by atomic mass is 19.1. The van der Waals surface area contributed by atoms with Crippen molar-refractivity contribution in [2.24, 2.45) is 5.92 Å². The van der Waals surface area contributed by atoms with Crippen molar-refractivity contribution in [3.05, 3.63) is 59.9 Å². The Morgan fingerprint density at radius 3 is 2.00 bits per heavy atom. The molecule has 0 aliphatic carbocycles. The molecule has 1 atom stereocenters. The number of rotatable bonds is 3. The van der Waals surface area contributed by atoms with Crippen molar-refractivity contribution in [1.29, 1.82) is 0 Å². The summed E-state index contributed by atoms with van der Waals surface area (Å²) in [7, 11) is 0. The van der Waals surface area contributed by atoms with Gasteiger partial charge in [0.15, 0.2) is 11.5 Å². The Balaban J connectivity index is 1.09. The van der Waals surface area contributed by atoms with Gasteiger partial charge in [-0.25, -0.2) is 4.39 Å². The Morgan fingerprint density at radius 1 is 0.743 bits per heavy atom. The Hall–Kier alpha value is -3.62. The second kappa shape index (κ2) is 9.93. The number of ether oxygens (including phenoxy) is 2. The summed E-state index contributed by atoms with van der Waals surface area (Å²) >= 11 is 0. The van der Waals surface area contributed by atoms with Crippen LogP contribution in [0.4, 0.5) is 4.39 Å². The Kier molecular flexibility index (Phi) is 6.57. The first-order chi connectivity index (χ1) is 17.0. The fourth-order valence-corrected chi connectivity index (χ4v) is 4.85. The predicted molar refractivity (Wildman–Crippen MR) is 125 cm³/mol. The third-order valence-corrected chi connectivity index (χ3v) is 6.91. The maximum Gasteiger partial charge on any atom is 0.267 e. The molecule has 0 spiro atoms. The maximum absolute atomic E-state index is 13.1. The molecule has 2 aromatic rings. The summed E-state index contributed by atoms with van der Waals surface area (Å²) in [5.41, 5.74) is 0.452. The van der Waals surface area contributed by atoms with E-state index in [4.69, 9.17) is 9.47 Å². The first kappa shape index (κ1) is 23.1. The van der Waals surface area contributed by atoms with Crippen molar-refractivity contribution in [2.45, 2.75) is 18.9 Å². The topological polar surface area (TPSA) is 79.4 Å². The second-order valence-corrected chi connectivity index (χ2v) is 9.09. The van der Waals surface area contributed by atoms with E-state index in [1.165, 1.54) is 24.3 Å². The smallest absolute Gasteiger partial charge is 0.267 e. The molecule has 35 heavy (non-hydrogen) atoms. The minimum absolute atomic E-state index is 0.0807. The molecule has 0 radical (unpaired) electrons. The summed E-state index contributed by atoms with van der Waals surface area (Å²) in [6, 6.07) is 12.8. The van der Waals surface area contributed by atoms with Crippen LogP contribution in [0, 0.1) is 11.7 Å². The highest BCUT2D eigenvalue weighted by molar-refractivity contribution is 5.94. The SMILES string of the molecule is O=C(c1ccc(F)cc1)N1CCC(C(=O)N2CCN(C(=O)[C@@H]3COc4ccccc4O3)CC2)CC1. The highest BCUT2D eigenvalue weighted by Gasteiger charge is 2.35. The molecule has 3 aliphatic rings. The number of piperidine rings is 1. The summed E-state index contributed by atoms with van der Waals surface area (Å²) in [5, 5.41) is 0. The van der Waals surface area contributed by atoms with Crippen LogP contribution in [0.3, 0.4) is 0 Å². The van der Waals surface area contributed by atoms with E-state index in [0.29, 0.717) is 69.2 Å². The van der Waals surface area contributed by atoms with Crippen LogP contribution in [-0.2, 0) is 9.59 Å². The van der Waals surface area contributed by atoms with Gasteiger partial charge >= 0.3 is 0 Å². The summed E-state index contributed by atoms with van der Waals surface area (Å²) in [5.74, 6) is 0.502. The van der Waals surface area contributed by atoms with Gasteiger partial charge in [0, 0.05) is 50.7 Å². The zero-order valence-corrected chi connectivity index (χ0v) is 19.4. The molecule has 0 N–H and O–H groups in total. The number of hydrogen-bond donors (Lipinski definition) is 0. The van der Waals surface area contributed by atoms with Gasteiger partial charge in [-0.3, -0.25) is 14.4 Å². The van der Waals surface area contributed by atoms with Gasteiger partial charge in [0.05, 0.1) is 0 Å². The standard InChI is InChI=1S/C26H28FN3O5/c27-20-7-5-18(6-8-20)24(31)28-11-9-19(10-12-28)25(32)29-13-15-30(16-14-29)26(33)23-17-34-21-3-1-2-4-22(21)35-23/h1-8,19,23H,9-17H2/t23-/m0/s1. The number of likely N-dealkylation sites (tertiary alicyclic amines) is 1. The molecule has 3 heterocycles. The van der Waals surface area contributed by atoms with Crippen LogP contribution in [0.1, 0.15) is 23.2 Å². The number of amides is 3. The predicted octanol–water partition coefficient (Wildman–Crippen LogP) is 2.19. The van der Waals surface area contributed by atoms with Gasteiger partial charge in [-0.15, -0.1) is 0 Å². The maximum atomic E-state index is 13.1. The first-order valence-electron chi connectivity index (χ1n) is 12.0. The van der Waals surface area contributed by atoms with Crippen molar-refractivity contribution in [3.63, 3.8) is 0 Å². The van der Waals surface area contributed by atoms with Gasteiger partial charge in [-0.2, -0.15) is 0 Å². The van der Waals surface area contributed by atoms with E-state index in [0.717, 1.165) is 0 Å². The molecule has 0 saturated carbocycles. The summed E-state index contributed by atoms with van der Waals surface area (Å²) < 4.78 is 24.6. The first-order valence-corrected chi connectivity index (χ1v) is 12.0. The van der Waals surface area contributed by atoms with Gasteiger partial charge in [0.1, 0.15) is 12.4 Å². The Morgan fingerprint density at radius 2 is 1.34 bits per heavy atom. The molecule has 5 rings (SSSR count). The monoisotopic (exact) mass is 481 g/mol. The highest BCUT2D eigenvalue weighted by Crippen LogP contribution is 2.31. The molecule has 2 aromatic carbocycles. The van der Waals surface area contributed by atoms with Crippen LogP contribution in [-0.4, -0.2) is 84.4 Å². The number of para-hydroxylation sites is 2. The third kappa shape index (κ3) is 4.94. The van der Waals surface area contributed by atoms with Crippen LogP contribution >= 0.6 is 0 Å². The molecule has 8 nitrogen and oxygen atoms in total. The van der Waals surface area contributed by atoms with Gasteiger partial charge in [-0.1, -0.05) is 12.1 Å². The van der Waals surface area contributed by atoms with Crippen LogP contribution in [0.5, 0.6) is 11.5 Å². The van der Waals surface area contributed by atoms with E-state index in [9.17, 15) is 18.8 Å². The number of benzene rings is 2. The van der Waals surface area contributed by atoms with Crippen molar-refractivity contribution < 1.29 is 28.2 Å². The summed E-state index contributed by atoms with van der Waals surface area (Å²) in [6.07, 6.45) is 0.505. The minimum atomic E-state index is -0.685. The lowest BCUT2D eigenvalue weighted by atomic mass is 9.94. The fraction of sp³-hybridized carbons (Fsp3) is 0.423. The largest absolute Gasteiger partial charge is 0.485 e. The molecule has 9 heteroatoms. The minimum Gasteiger partial charge on any atom is -0.485 e. The van der Waals surface area contributed by atoms with Crippen molar-refractivity contribution in [3.8, 4) is 11.5 Å². The number of carbonyl (C=O) groups excluding carboxylic acids is 3. The van der Waals surface area contributed by atoms with Crippen molar-refractivity contribution in [1.82, 2.24) is 14.7 Å². The van der Waals surface area contributed by atoms with Gasteiger partial charge in [0.2, 0.25) is 12.0 Å². The van der Waals surface area contributed by atoms with Gasteiger partial charge in [-0.05, 0) is 49.2 Å². The zero-order chi connectivity index (χ0) is 24.4. The van der Waals surface area contributed by atoms with Crippen molar-refractivity contribution in [2.75, 3.05) is 45.9 Å². The van der Waals surface area contributed by atoms with Gasteiger partial charge < -0.3 is 24.2 Å².